The summed E-state index contributed by atoms with van der Waals surface area (Å²) in [5.74, 6) is 0.154. The molecule has 122 valence electrons. The summed E-state index contributed by atoms with van der Waals surface area (Å²) in [5.41, 5.74) is 1.82. The zero-order chi connectivity index (χ0) is 15.9. The summed E-state index contributed by atoms with van der Waals surface area (Å²) in [7, 11) is 0. The fourth-order valence-electron chi connectivity index (χ4n) is 4.39. The van der Waals surface area contributed by atoms with Crippen molar-refractivity contribution in [2.75, 3.05) is 13.1 Å². The van der Waals surface area contributed by atoms with Crippen molar-refractivity contribution in [3.05, 3.63) is 36.0 Å². The number of H-pyrrole nitrogens is 1. The van der Waals surface area contributed by atoms with E-state index in [0.29, 0.717) is 6.04 Å². The average molecular weight is 311 g/mol. The summed E-state index contributed by atoms with van der Waals surface area (Å²) >= 11 is 0. The van der Waals surface area contributed by atoms with E-state index < -0.39 is 0 Å². The highest BCUT2D eigenvalue weighted by molar-refractivity contribution is 5.98. The van der Waals surface area contributed by atoms with Gasteiger partial charge in [0.1, 0.15) is 5.69 Å². The van der Waals surface area contributed by atoms with Crippen LogP contribution in [0.5, 0.6) is 0 Å². The molecule has 1 aromatic heterocycles. The molecule has 0 unspecified atom stereocenters. The maximum Gasteiger partial charge on any atom is 0.270 e. The van der Waals surface area contributed by atoms with Crippen LogP contribution in [0, 0.1) is 0 Å². The van der Waals surface area contributed by atoms with Crippen LogP contribution in [0.15, 0.2) is 30.3 Å². The number of para-hydroxylation sites is 1. The summed E-state index contributed by atoms with van der Waals surface area (Å²) < 4.78 is 0. The van der Waals surface area contributed by atoms with Crippen molar-refractivity contribution in [1.29, 1.82) is 0 Å². The molecule has 2 fully saturated rings. The summed E-state index contributed by atoms with van der Waals surface area (Å²) in [6, 6.07) is 10.4. The lowest BCUT2D eigenvalue weighted by molar-refractivity contribution is 0.0375. The Balaban J connectivity index is 1.66. The molecular formula is C19H25N3O. The predicted molar refractivity (Wildman–Crippen MR) is 92.6 cm³/mol. The van der Waals surface area contributed by atoms with Crippen molar-refractivity contribution >= 4 is 16.8 Å². The number of aromatic nitrogens is 1. The van der Waals surface area contributed by atoms with Gasteiger partial charge in [-0.1, -0.05) is 24.6 Å². The second kappa shape index (κ2) is 5.68. The molecular weight excluding hydrogens is 286 g/mol. The largest absolute Gasteiger partial charge is 0.351 e. The maximum absolute atomic E-state index is 13.1. The Hall–Kier alpha value is -1.81. The van der Waals surface area contributed by atoms with E-state index in [-0.39, 0.29) is 11.4 Å². The average Bonchev–Trinajstić information content (AvgIpc) is 2.89. The fraction of sp³-hybridized carbons (Fsp3) is 0.526. The quantitative estimate of drug-likeness (QED) is 0.849. The molecule has 0 saturated carbocycles. The number of nitrogens with zero attached hydrogens (tertiary/aromatic N) is 1. The molecule has 2 saturated heterocycles. The standard InChI is InChI=1S/C19H25N3O/c1-19-10-6-12-22(17(19)9-4-5-11-20-19)18(23)16-13-14-7-2-3-8-15(14)21-16/h2-3,7-8,13,17,20-21H,4-6,9-12H2,1H3/t17-,19-/m0/s1. The molecule has 2 aromatic rings. The lowest BCUT2D eigenvalue weighted by Crippen LogP contribution is -2.62. The number of hydrogen-bond donors (Lipinski definition) is 2. The van der Waals surface area contributed by atoms with Crippen LogP contribution in [0.3, 0.4) is 0 Å². The van der Waals surface area contributed by atoms with Gasteiger partial charge in [0.15, 0.2) is 0 Å². The van der Waals surface area contributed by atoms with Gasteiger partial charge in [0.05, 0.1) is 0 Å². The van der Waals surface area contributed by atoms with Crippen LogP contribution in [0.25, 0.3) is 10.9 Å². The van der Waals surface area contributed by atoms with Gasteiger partial charge < -0.3 is 15.2 Å². The first-order chi connectivity index (χ1) is 11.2. The molecule has 3 heterocycles. The molecule has 0 bridgehead atoms. The van der Waals surface area contributed by atoms with Gasteiger partial charge in [0.25, 0.3) is 5.91 Å². The molecule has 1 aromatic carbocycles. The van der Waals surface area contributed by atoms with Gasteiger partial charge in [0, 0.05) is 29.0 Å². The normalized spacial score (nSPS) is 28.4. The van der Waals surface area contributed by atoms with E-state index >= 15 is 0 Å². The number of likely N-dealkylation sites (tertiary alicyclic amines) is 1. The zero-order valence-corrected chi connectivity index (χ0v) is 13.8. The van der Waals surface area contributed by atoms with Gasteiger partial charge in [-0.05, 0) is 51.3 Å². The van der Waals surface area contributed by atoms with Gasteiger partial charge in [-0.15, -0.1) is 0 Å². The molecule has 0 radical (unpaired) electrons. The number of piperidine rings is 1. The van der Waals surface area contributed by atoms with Crippen LogP contribution in [0.4, 0.5) is 0 Å². The van der Waals surface area contributed by atoms with E-state index in [2.05, 4.69) is 28.2 Å². The van der Waals surface area contributed by atoms with E-state index in [1.807, 2.05) is 24.3 Å². The molecule has 4 heteroatoms. The summed E-state index contributed by atoms with van der Waals surface area (Å²) in [4.78, 5) is 18.6. The number of benzene rings is 1. The number of rotatable bonds is 1. The second-order valence-electron chi connectivity index (χ2n) is 7.23. The van der Waals surface area contributed by atoms with E-state index in [4.69, 9.17) is 0 Å². The van der Waals surface area contributed by atoms with Crippen LogP contribution >= 0.6 is 0 Å². The van der Waals surface area contributed by atoms with Gasteiger partial charge >= 0.3 is 0 Å². The molecule has 2 aliphatic heterocycles. The summed E-state index contributed by atoms with van der Waals surface area (Å²) in [6.07, 6.45) is 5.75. The molecule has 0 spiro atoms. The number of carbonyl (C=O) groups excluding carboxylic acids is 1. The number of aromatic amines is 1. The van der Waals surface area contributed by atoms with Crippen LogP contribution in [0.2, 0.25) is 0 Å². The summed E-state index contributed by atoms with van der Waals surface area (Å²) in [6.45, 7) is 4.24. The number of nitrogens with one attached hydrogen (secondary N) is 2. The molecule has 2 N–H and O–H groups in total. The van der Waals surface area contributed by atoms with E-state index in [9.17, 15) is 4.79 Å². The Labute approximate surface area is 137 Å². The predicted octanol–water partition coefficient (Wildman–Crippen LogP) is 3.30. The zero-order valence-electron chi connectivity index (χ0n) is 13.8. The Bertz CT molecular complexity index is 689. The third kappa shape index (κ3) is 2.55. The summed E-state index contributed by atoms with van der Waals surface area (Å²) in [5, 5.41) is 4.82. The van der Waals surface area contributed by atoms with Crippen molar-refractivity contribution in [2.24, 2.45) is 0 Å². The number of amides is 1. The molecule has 4 rings (SSSR count). The van der Waals surface area contributed by atoms with Gasteiger partial charge in [-0.3, -0.25) is 4.79 Å². The first kappa shape index (κ1) is 14.8. The third-order valence-corrected chi connectivity index (χ3v) is 5.66. The van der Waals surface area contributed by atoms with Gasteiger partial charge in [0.2, 0.25) is 0 Å². The molecule has 0 aliphatic carbocycles. The van der Waals surface area contributed by atoms with Crippen LogP contribution < -0.4 is 5.32 Å². The topological polar surface area (TPSA) is 48.1 Å². The van der Waals surface area contributed by atoms with Crippen LogP contribution in [-0.4, -0.2) is 40.5 Å². The Morgan fingerprint density at radius 2 is 2.13 bits per heavy atom. The van der Waals surface area contributed by atoms with Crippen LogP contribution in [-0.2, 0) is 0 Å². The van der Waals surface area contributed by atoms with Crippen molar-refractivity contribution in [2.45, 2.75) is 50.6 Å². The minimum atomic E-state index is 0.0659. The third-order valence-electron chi connectivity index (χ3n) is 5.66. The lowest BCUT2D eigenvalue weighted by atomic mass is 9.81. The highest BCUT2D eigenvalue weighted by atomic mass is 16.2. The van der Waals surface area contributed by atoms with E-state index in [1.165, 1.54) is 12.8 Å². The molecule has 2 aliphatic rings. The molecule has 23 heavy (non-hydrogen) atoms. The number of hydrogen-bond acceptors (Lipinski definition) is 2. The van der Waals surface area contributed by atoms with Gasteiger partial charge in [-0.2, -0.15) is 0 Å². The van der Waals surface area contributed by atoms with Crippen molar-refractivity contribution in [3.63, 3.8) is 0 Å². The smallest absolute Gasteiger partial charge is 0.270 e. The van der Waals surface area contributed by atoms with Crippen molar-refractivity contribution in [1.82, 2.24) is 15.2 Å². The fourth-order valence-corrected chi connectivity index (χ4v) is 4.39. The molecule has 4 nitrogen and oxygen atoms in total. The minimum Gasteiger partial charge on any atom is -0.351 e. The maximum atomic E-state index is 13.1. The Morgan fingerprint density at radius 3 is 3.00 bits per heavy atom. The first-order valence-electron chi connectivity index (χ1n) is 8.81. The van der Waals surface area contributed by atoms with Gasteiger partial charge in [-0.25, -0.2) is 0 Å². The van der Waals surface area contributed by atoms with Crippen LogP contribution in [0.1, 0.15) is 49.5 Å². The Morgan fingerprint density at radius 1 is 1.26 bits per heavy atom. The van der Waals surface area contributed by atoms with E-state index in [1.54, 1.807) is 0 Å². The highest BCUT2D eigenvalue weighted by Crippen LogP contribution is 2.33. The second-order valence-corrected chi connectivity index (χ2v) is 7.23. The van der Waals surface area contributed by atoms with Crippen molar-refractivity contribution < 1.29 is 4.79 Å². The number of fused-ring (bicyclic) bond motifs is 2. The SMILES string of the molecule is C[C@]12CCCN(C(=O)c3cc4ccccc4[nH]3)[C@H]1CCCCN2. The first-order valence-corrected chi connectivity index (χ1v) is 8.81. The Kier molecular flexibility index (Phi) is 3.64. The lowest BCUT2D eigenvalue weighted by Gasteiger charge is -2.48. The number of carbonyl (C=O) groups is 1. The van der Waals surface area contributed by atoms with E-state index in [0.717, 1.165) is 48.9 Å². The monoisotopic (exact) mass is 311 g/mol. The minimum absolute atomic E-state index is 0.0659. The highest BCUT2D eigenvalue weighted by Gasteiger charge is 2.43. The molecule has 1 amide bonds. The molecule has 2 atom stereocenters. The van der Waals surface area contributed by atoms with Crippen molar-refractivity contribution in [3.8, 4) is 0 Å².